The molecule has 0 spiro atoms. The molecule has 0 aromatic heterocycles. The van der Waals surface area contributed by atoms with Gasteiger partial charge in [-0.2, -0.15) is 0 Å². The van der Waals surface area contributed by atoms with Crippen LogP contribution in [-0.4, -0.2) is 62.2 Å². The summed E-state index contributed by atoms with van der Waals surface area (Å²) in [5.41, 5.74) is 0. The van der Waals surface area contributed by atoms with E-state index in [0.717, 1.165) is 12.8 Å². The zero-order valence-corrected chi connectivity index (χ0v) is 16.4. The fraction of sp³-hybridized carbons (Fsp3) is 0.733. The molecule has 2 nitrogen and oxygen atoms in total. The Kier molecular flexibility index (Phi) is 7.00. The van der Waals surface area contributed by atoms with Crippen molar-refractivity contribution in [2.45, 2.75) is 41.0 Å². The number of allylic oxidation sites excluding steroid dienone is 1. The quantitative estimate of drug-likeness (QED) is 0.557. The van der Waals surface area contributed by atoms with Crippen LogP contribution in [0.2, 0.25) is 14.8 Å². The van der Waals surface area contributed by atoms with Gasteiger partial charge in [0, 0.05) is 0 Å². The molecule has 19 heavy (non-hydrogen) atoms. The zero-order valence-electron chi connectivity index (χ0n) is 13.6. The van der Waals surface area contributed by atoms with Gasteiger partial charge in [-0.3, -0.25) is 0 Å². The summed E-state index contributed by atoms with van der Waals surface area (Å²) in [4.78, 5) is 12.5. The normalized spacial score (nSPS) is 18.6. The monoisotopic (exact) mass is 368 g/mol. The molecule has 1 fully saturated rings. The fourth-order valence-corrected chi connectivity index (χ4v) is 6.82. The third kappa shape index (κ3) is 5.53. The van der Waals surface area contributed by atoms with Crippen LogP contribution >= 0.6 is 0 Å². The van der Waals surface area contributed by atoms with E-state index in [2.05, 4.69) is 63.3 Å². The van der Waals surface area contributed by atoms with E-state index in [-0.39, 0.29) is 0 Å². The minimum atomic E-state index is -1.99. The van der Waals surface area contributed by atoms with Gasteiger partial charge >= 0.3 is 125 Å². The third-order valence-electron chi connectivity index (χ3n) is 3.84. The summed E-state index contributed by atoms with van der Waals surface area (Å²) in [6, 6.07) is 0. The first-order valence-corrected chi connectivity index (χ1v) is 17.4. The predicted octanol–water partition coefficient (Wildman–Crippen LogP) is 2.89. The molecule has 1 rings (SSSR count). The fourth-order valence-electron chi connectivity index (χ4n) is 2.47. The maximum atomic E-state index is 3.30. The van der Waals surface area contributed by atoms with Gasteiger partial charge in [0.15, 0.2) is 0 Å². The second kappa shape index (κ2) is 7.76. The first-order valence-electron chi connectivity index (χ1n) is 7.43. The molecule has 0 radical (unpaired) electrons. The summed E-state index contributed by atoms with van der Waals surface area (Å²) >= 11 is -1.99. The van der Waals surface area contributed by atoms with Crippen molar-refractivity contribution in [3.05, 3.63) is 9.56 Å². The van der Waals surface area contributed by atoms with Crippen LogP contribution in [0.4, 0.5) is 0 Å². The minimum absolute atomic E-state index is 0.505. The van der Waals surface area contributed by atoms with E-state index in [1.54, 1.807) is 3.59 Å². The molecule has 0 bridgehead atoms. The summed E-state index contributed by atoms with van der Waals surface area (Å²) in [5, 5.41) is 0. The van der Waals surface area contributed by atoms with E-state index >= 15 is 0 Å². The van der Waals surface area contributed by atoms with Crippen LogP contribution in [0, 0.1) is 11.8 Å². The van der Waals surface area contributed by atoms with Gasteiger partial charge < -0.3 is 0 Å². The van der Waals surface area contributed by atoms with Gasteiger partial charge in [-0.1, -0.05) is 0 Å². The molecular formula is C15H29BN2Sn. The Bertz CT molecular complexity index is 366. The van der Waals surface area contributed by atoms with Crippen molar-refractivity contribution in [2.75, 3.05) is 27.2 Å². The van der Waals surface area contributed by atoms with Crippen molar-refractivity contribution in [3.8, 4) is 11.8 Å². The van der Waals surface area contributed by atoms with Gasteiger partial charge in [-0.25, -0.2) is 0 Å². The molecule has 0 aliphatic carbocycles. The van der Waals surface area contributed by atoms with Crippen molar-refractivity contribution >= 4 is 25.4 Å². The number of nitrogens with zero attached hydrogens (tertiary/aromatic N) is 2. The molecule has 0 amide bonds. The Hall–Kier alpha value is 0.0836. The molecule has 1 saturated heterocycles. The van der Waals surface area contributed by atoms with Crippen LogP contribution in [0.1, 0.15) is 26.2 Å². The van der Waals surface area contributed by atoms with E-state index in [9.17, 15) is 0 Å². The zero-order chi connectivity index (χ0) is 14.5. The van der Waals surface area contributed by atoms with Crippen molar-refractivity contribution in [1.82, 2.24) is 9.62 Å². The van der Waals surface area contributed by atoms with Gasteiger partial charge in [0.25, 0.3) is 0 Å². The van der Waals surface area contributed by atoms with E-state index in [4.69, 9.17) is 0 Å². The van der Waals surface area contributed by atoms with Gasteiger partial charge in [0.05, 0.1) is 0 Å². The van der Waals surface area contributed by atoms with E-state index in [0.29, 0.717) is 6.98 Å². The van der Waals surface area contributed by atoms with Crippen molar-refractivity contribution in [3.63, 3.8) is 0 Å². The Balaban J connectivity index is 2.79. The van der Waals surface area contributed by atoms with Crippen LogP contribution in [0.5, 0.6) is 0 Å². The SMILES string of the molecule is CCC#CCC/[C](=C/B1N(C)CCN1C)[Sn]([CH3])([CH3])[CH3]. The predicted molar refractivity (Wildman–Crippen MR) is 89.7 cm³/mol. The second-order valence-corrected chi connectivity index (χ2v) is 21.2. The molecule has 1 aliphatic rings. The Morgan fingerprint density at radius 2 is 1.74 bits per heavy atom. The van der Waals surface area contributed by atoms with Gasteiger partial charge in [-0.15, -0.1) is 0 Å². The van der Waals surface area contributed by atoms with Crippen LogP contribution < -0.4 is 0 Å². The number of hydrogen-bond acceptors (Lipinski definition) is 2. The van der Waals surface area contributed by atoms with Crippen LogP contribution in [0.15, 0.2) is 9.56 Å². The first-order chi connectivity index (χ1) is 8.86. The Labute approximate surface area is 124 Å². The standard InChI is InChI=1S/C12H20BN2.3CH3.Sn/c1-4-5-6-7-8-9-10-13-14(2)11-12-15(13)3;;;;/h10H,4,7-8,11-12H2,1-3H3;3*1H3;. The van der Waals surface area contributed by atoms with E-state index in [1.807, 2.05) is 0 Å². The van der Waals surface area contributed by atoms with Gasteiger partial charge in [0.1, 0.15) is 0 Å². The van der Waals surface area contributed by atoms with E-state index < -0.39 is 18.4 Å². The van der Waals surface area contributed by atoms with Gasteiger partial charge in [-0.05, 0) is 0 Å². The molecule has 4 heteroatoms. The number of rotatable bonds is 4. The summed E-state index contributed by atoms with van der Waals surface area (Å²) in [6.07, 6.45) is 3.20. The topological polar surface area (TPSA) is 6.48 Å². The van der Waals surface area contributed by atoms with Crippen LogP contribution in [-0.2, 0) is 0 Å². The molecule has 0 aromatic carbocycles. The molecule has 0 N–H and O–H groups in total. The molecule has 0 aromatic rings. The Morgan fingerprint density at radius 1 is 1.16 bits per heavy atom. The molecule has 106 valence electrons. The maximum absolute atomic E-state index is 3.30. The van der Waals surface area contributed by atoms with Gasteiger partial charge in [0.2, 0.25) is 0 Å². The van der Waals surface area contributed by atoms with E-state index in [1.165, 1.54) is 19.5 Å². The average molecular weight is 367 g/mol. The molecule has 0 unspecified atom stereocenters. The summed E-state index contributed by atoms with van der Waals surface area (Å²) < 4.78 is 1.74. The first kappa shape index (κ1) is 17.1. The molecule has 0 atom stereocenters. The molecular weight excluding hydrogens is 338 g/mol. The van der Waals surface area contributed by atoms with Crippen LogP contribution in [0.3, 0.4) is 0 Å². The molecule has 1 heterocycles. The Morgan fingerprint density at radius 3 is 2.21 bits per heavy atom. The number of likely N-dealkylation sites (N-methyl/N-ethyl adjacent to an activating group) is 2. The average Bonchev–Trinajstić information content (AvgIpc) is 2.62. The third-order valence-corrected chi connectivity index (χ3v) is 10.5. The number of hydrogen-bond donors (Lipinski definition) is 0. The second-order valence-electron chi connectivity index (χ2n) is 6.52. The summed E-state index contributed by atoms with van der Waals surface area (Å²) in [6.45, 7) is 4.99. The summed E-state index contributed by atoms with van der Waals surface area (Å²) in [7, 11) is 4.47. The summed E-state index contributed by atoms with van der Waals surface area (Å²) in [5.74, 6) is 9.04. The van der Waals surface area contributed by atoms with Crippen molar-refractivity contribution in [1.29, 1.82) is 0 Å². The van der Waals surface area contributed by atoms with Crippen molar-refractivity contribution in [2.24, 2.45) is 0 Å². The molecule has 1 aliphatic heterocycles. The molecule has 0 saturated carbocycles. The van der Waals surface area contributed by atoms with Crippen LogP contribution in [0.25, 0.3) is 0 Å². The van der Waals surface area contributed by atoms with Crippen molar-refractivity contribution < 1.29 is 0 Å².